The normalized spacial score (nSPS) is 15.2. The average Bonchev–Trinajstić information content (AvgIpc) is 2.46. The molecule has 0 saturated carbocycles. The molecule has 1 saturated heterocycles. The zero-order valence-corrected chi connectivity index (χ0v) is 13.4. The Hall–Kier alpha value is -2.24. The van der Waals surface area contributed by atoms with Crippen molar-refractivity contribution in [2.75, 3.05) is 29.9 Å². The van der Waals surface area contributed by atoms with Gasteiger partial charge in [0.2, 0.25) is 0 Å². The number of hydrogen-bond acceptors (Lipinski definition) is 2. The van der Waals surface area contributed by atoms with Gasteiger partial charge in [0, 0.05) is 31.0 Å². The van der Waals surface area contributed by atoms with Gasteiger partial charge in [-0.2, -0.15) is 0 Å². The van der Waals surface area contributed by atoms with Gasteiger partial charge < -0.3 is 16.0 Å². The highest BCUT2D eigenvalue weighted by atomic mass is 16.2. The molecule has 0 spiro atoms. The van der Waals surface area contributed by atoms with E-state index in [9.17, 15) is 9.59 Å². The second kappa shape index (κ2) is 6.68. The Bertz CT molecular complexity index is 534. The molecular formula is C16H24N4O2. The fraction of sp³-hybridized carbons (Fsp3) is 0.500. The van der Waals surface area contributed by atoms with Crippen LogP contribution in [0.2, 0.25) is 0 Å². The van der Waals surface area contributed by atoms with Crippen molar-refractivity contribution in [3.05, 3.63) is 24.3 Å². The number of nitrogens with zero attached hydrogens (tertiary/aromatic N) is 1. The minimum absolute atomic E-state index is 0.0445. The Kier molecular flexibility index (Phi) is 4.90. The molecule has 1 aromatic carbocycles. The average molecular weight is 304 g/mol. The molecule has 1 aliphatic rings. The quantitative estimate of drug-likeness (QED) is 0.803. The number of nitrogens with one attached hydrogen (secondary N) is 3. The molecule has 1 aliphatic heterocycles. The Labute approximate surface area is 131 Å². The van der Waals surface area contributed by atoms with Crippen LogP contribution in [0.1, 0.15) is 27.2 Å². The van der Waals surface area contributed by atoms with E-state index in [4.69, 9.17) is 0 Å². The molecule has 6 heteroatoms. The Morgan fingerprint density at radius 3 is 2.55 bits per heavy atom. The first-order valence-corrected chi connectivity index (χ1v) is 7.55. The van der Waals surface area contributed by atoms with Crippen molar-refractivity contribution in [1.29, 1.82) is 0 Å². The van der Waals surface area contributed by atoms with Gasteiger partial charge in [-0.05, 0) is 36.1 Å². The van der Waals surface area contributed by atoms with Crippen LogP contribution in [0.15, 0.2) is 24.3 Å². The predicted molar refractivity (Wildman–Crippen MR) is 88.3 cm³/mol. The second-order valence-electron chi connectivity index (χ2n) is 6.65. The molecule has 6 nitrogen and oxygen atoms in total. The molecule has 120 valence electrons. The number of hydrogen-bond donors (Lipinski definition) is 3. The maximum atomic E-state index is 11.8. The molecule has 0 aromatic heterocycles. The maximum Gasteiger partial charge on any atom is 0.321 e. The van der Waals surface area contributed by atoms with Gasteiger partial charge in [-0.1, -0.05) is 20.8 Å². The molecule has 0 aliphatic carbocycles. The van der Waals surface area contributed by atoms with Gasteiger partial charge in [-0.25, -0.2) is 9.59 Å². The van der Waals surface area contributed by atoms with Crippen LogP contribution in [0.4, 0.5) is 21.0 Å². The molecule has 0 radical (unpaired) electrons. The highest BCUT2D eigenvalue weighted by molar-refractivity contribution is 5.93. The summed E-state index contributed by atoms with van der Waals surface area (Å²) in [6, 6.07) is 6.98. The van der Waals surface area contributed by atoms with Crippen molar-refractivity contribution >= 4 is 23.4 Å². The third-order valence-corrected chi connectivity index (χ3v) is 3.30. The summed E-state index contributed by atoms with van der Waals surface area (Å²) in [5.41, 5.74) is 1.58. The van der Waals surface area contributed by atoms with Gasteiger partial charge in [-0.15, -0.1) is 0 Å². The lowest BCUT2D eigenvalue weighted by Crippen LogP contribution is -2.46. The summed E-state index contributed by atoms with van der Waals surface area (Å²) in [6.07, 6.45) is 0.931. The molecule has 1 fully saturated rings. The van der Waals surface area contributed by atoms with E-state index in [0.717, 1.165) is 18.7 Å². The maximum absolute atomic E-state index is 11.8. The number of benzene rings is 1. The Morgan fingerprint density at radius 2 is 1.95 bits per heavy atom. The molecule has 2 rings (SSSR count). The Balaban J connectivity index is 1.91. The fourth-order valence-electron chi connectivity index (χ4n) is 2.12. The first-order chi connectivity index (χ1) is 10.3. The van der Waals surface area contributed by atoms with Crippen molar-refractivity contribution in [3.8, 4) is 0 Å². The fourth-order valence-corrected chi connectivity index (χ4v) is 2.12. The zero-order valence-electron chi connectivity index (χ0n) is 13.4. The third-order valence-electron chi connectivity index (χ3n) is 3.30. The summed E-state index contributed by atoms with van der Waals surface area (Å²) in [5, 5.41) is 8.43. The van der Waals surface area contributed by atoms with Crippen LogP contribution >= 0.6 is 0 Å². The van der Waals surface area contributed by atoms with Crippen molar-refractivity contribution < 1.29 is 9.59 Å². The van der Waals surface area contributed by atoms with E-state index in [1.807, 2.05) is 12.1 Å². The molecule has 22 heavy (non-hydrogen) atoms. The van der Waals surface area contributed by atoms with E-state index in [2.05, 4.69) is 36.7 Å². The molecular weight excluding hydrogens is 280 g/mol. The molecule has 1 heterocycles. The van der Waals surface area contributed by atoms with Gasteiger partial charge >= 0.3 is 12.1 Å². The summed E-state index contributed by atoms with van der Waals surface area (Å²) in [5.74, 6) is 0. The lowest BCUT2D eigenvalue weighted by molar-refractivity contribution is 0.242. The van der Waals surface area contributed by atoms with Crippen LogP contribution < -0.4 is 20.9 Å². The summed E-state index contributed by atoms with van der Waals surface area (Å²) < 4.78 is 0. The molecule has 4 amide bonds. The van der Waals surface area contributed by atoms with Crippen LogP contribution in [0, 0.1) is 5.41 Å². The minimum atomic E-state index is -0.224. The van der Waals surface area contributed by atoms with Gasteiger partial charge in [-0.3, -0.25) is 4.90 Å². The topological polar surface area (TPSA) is 73.5 Å². The molecule has 3 N–H and O–H groups in total. The first kappa shape index (κ1) is 16.1. The summed E-state index contributed by atoms with van der Waals surface area (Å²) in [7, 11) is 0. The summed E-state index contributed by atoms with van der Waals surface area (Å²) in [6.45, 7) is 8.22. The third kappa shape index (κ3) is 4.65. The van der Waals surface area contributed by atoms with Crippen LogP contribution in [0.3, 0.4) is 0 Å². The predicted octanol–water partition coefficient (Wildman–Crippen LogP) is 2.77. The van der Waals surface area contributed by atoms with Crippen LogP contribution in [0.25, 0.3) is 0 Å². The number of rotatable bonds is 3. The van der Waals surface area contributed by atoms with Crippen LogP contribution in [-0.4, -0.2) is 31.7 Å². The highest BCUT2D eigenvalue weighted by Gasteiger charge is 2.19. The standard InChI is InChI=1S/C16H24N4O2/c1-16(2,3)11-18-14(21)19-12-5-7-13(8-6-12)20-10-4-9-17-15(20)22/h5-8H,4,9-11H2,1-3H3,(H,17,22)(H2,18,19,21). The number of urea groups is 2. The van der Waals surface area contributed by atoms with Crippen molar-refractivity contribution in [2.45, 2.75) is 27.2 Å². The van der Waals surface area contributed by atoms with Crippen LogP contribution in [0.5, 0.6) is 0 Å². The monoisotopic (exact) mass is 304 g/mol. The Morgan fingerprint density at radius 1 is 1.27 bits per heavy atom. The van der Waals surface area contributed by atoms with E-state index >= 15 is 0 Å². The highest BCUT2D eigenvalue weighted by Crippen LogP contribution is 2.19. The largest absolute Gasteiger partial charge is 0.338 e. The van der Waals surface area contributed by atoms with E-state index in [1.165, 1.54) is 0 Å². The zero-order chi connectivity index (χ0) is 16.2. The lowest BCUT2D eigenvalue weighted by atomic mass is 9.97. The SMILES string of the molecule is CC(C)(C)CNC(=O)Nc1ccc(N2CCCNC2=O)cc1. The van der Waals surface area contributed by atoms with Crippen molar-refractivity contribution in [1.82, 2.24) is 10.6 Å². The van der Waals surface area contributed by atoms with Gasteiger partial charge in [0.05, 0.1) is 0 Å². The molecule has 0 bridgehead atoms. The lowest BCUT2D eigenvalue weighted by Gasteiger charge is -2.27. The van der Waals surface area contributed by atoms with E-state index in [-0.39, 0.29) is 17.5 Å². The smallest absolute Gasteiger partial charge is 0.321 e. The van der Waals surface area contributed by atoms with Gasteiger partial charge in [0.1, 0.15) is 0 Å². The van der Waals surface area contributed by atoms with Crippen LogP contribution in [-0.2, 0) is 0 Å². The first-order valence-electron chi connectivity index (χ1n) is 7.55. The van der Waals surface area contributed by atoms with E-state index in [1.54, 1.807) is 17.0 Å². The number of amides is 4. The van der Waals surface area contributed by atoms with Gasteiger partial charge in [0.25, 0.3) is 0 Å². The number of carbonyl (C=O) groups excluding carboxylic acids is 2. The number of anilines is 2. The molecule has 0 atom stereocenters. The summed E-state index contributed by atoms with van der Waals surface area (Å²) >= 11 is 0. The molecule has 1 aromatic rings. The summed E-state index contributed by atoms with van der Waals surface area (Å²) in [4.78, 5) is 25.3. The van der Waals surface area contributed by atoms with E-state index in [0.29, 0.717) is 18.8 Å². The minimum Gasteiger partial charge on any atom is -0.338 e. The van der Waals surface area contributed by atoms with Gasteiger partial charge in [0.15, 0.2) is 0 Å². The number of carbonyl (C=O) groups is 2. The molecule has 0 unspecified atom stereocenters. The second-order valence-corrected chi connectivity index (χ2v) is 6.65. The van der Waals surface area contributed by atoms with E-state index < -0.39 is 0 Å². The van der Waals surface area contributed by atoms with Crippen molar-refractivity contribution in [2.24, 2.45) is 5.41 Å². The van der Waals surface area contributed by atoms with Crippen molar-refractivity contribution in [3.63, 3.8) is 0 Å².